The minimum Gasteiger partial charge on any atom is -0.387 e. The number of nitrogens with zero attached hydrogens (tertiary/aromatic N) is 5. The first kappa shape index (κ1) is 30.1. The quantitative estimate of drug-likeness (QED) is 0.171. The highest BCUT2D eigenvalue weighted by molar-refractivity contribution is 5.96. The van der Waals surface area contributed by atoms with Crippen LogP contribution in [0.4, 0.5) is 11.6 Å². The second-order valence-electron chi connectivity index (χ2n) is 10.9. The van der Waals surface area contributed by atoms with Crippen molar-refractivity contribution < 1.29 is 19.7 Å². The molecule has 0 aromatic carbocycles. The summed E-state index contributed by atoms with van der Waals surface area (Å²) in [5, 5.41) is 30.3. The number of carbonyl (C=O) groups excluding carboxylic acids is 1. The standard InChI is InChI=1S/C28H46N8O4/c1-2-3-4-5-6-7-8-9-10-11-12-13-14-29-21-15-22(32-17-31-21)30-16-20-24(37)25(38)28(40-20)36-19-35-23-26(36)33-18-34-27(23)39/h15,17-20,23-26,28,37-38H,2-14,16H2,1H3,(H,33,34,39)(H2,29,30,31,32)/t20-,23?,24-,25-,26?,28-/m1/s1. The van der Waals surface area contributed by atoms with Gasteiger partial charge in [-0.2, -0.15) is 0 Å². The number of fused-ring (bicyclic) bond motifs is 1. The fourth-order valence-electron chi connectivity index (χ4n) is 5.38. The number of aliphatic hydroxyl groups excluding tert-OH is 2. The van der Waals surface area contributed by atoms with Crippen LogP contribution in [0.5, 0.6) is 0 Å². The molecule has 4 rings (SSSR count). The lowest BCUT2D eigenvalue weighted by atomic mass is 10.1. The molecule has 1 saturated heterocycles. The molecule has 0 saturated carbocycles. The second kappa shape index (κ2) is 15.8. The van der Waals surface area contributed by atoms with Crippen molar-refractivity contribution in [2.24, 2.45) is 9.98 Å². The molecule has 6 atom stereocenters. The van der Waals surface area contributed by atoms with Gasteiger partial charge < -0.3 is 35.8 Å². The van der Waals surface area contributed by atoms with Gasteiger partial charge in [-0.25, -0.2) is 15.0 Å². The van der Waals surface area contributed by atoms with Crippen LogP contribution in [0.25, 0.3) is 0 Å². The number of hydrogen-bond donors (Lipinski definition) is 5. The molecule has 5 N–H and O–H groups in total. The van der Waals surface area contributed by atoms with Crippen LogP contribution in [0.1, 0.15) is 84.0 Å². The number of amides is 1. The summed E-state index contributed by atoms with van der Waals surface area (Å²) in [5.41, 5.74) is 0. The van der Waals surface area contributed by atoms with Gasteiger partial charge in [0.2, 0.25) is 0 Å². The molecule has 0 bridgehead atoms. The molecule has 1 amide bonds. The third-order valence-electron chi connectivity index (χ3n) is 7.77. The Bertz CT molecular complexity index is 979. The lowest BCUT2D eigenvalue weighted by molar-refractivity contribution is -0.123. The summed E-state index contributed by atoms with van der Waals surface area (Å²) in [5.74, 6) is 1.06. The molecule has 1 fully saturated rings. The number of carbonyl (C=O) groups is 1. The molecular weight excluding hydrogens is 512 g/mol. The van der Waals surface area contributed by atoms with Crippen molar-refractivity contribution in [2.45, 2.75) is 121 Å². The van der Waals surface area contributed by atoms with Crippen LogP contribution in [-0.2, 0) is 9.53 Å². The molecule has 2 unspecified atom stereocenters. The van der Waals surface area contributed by atoms with E-state index in [1.165, 1.54) is 89.6 Å². The van der Waals surface area contributed by atoms with E-state index in [2.05, 4.69) is 42.8 Å². The Morgan fingerprint density at radius 3 is 2.25 bits per heavy atom. The summed E-state index contributed by atoms with van der Waals surface area (Å²) in [6.07, 6.45) is 15.6. The van der Waals surface area contributed by atoms with Gasteiger partial charge in [-0.15, -0.1) is 0 Å². The molecule has 40 heavy (non-hydrogen) atoms. The van der Waals surface area contributed by atoms with Crippen LogP contribution in [0.3, 0.4) is 0 Å². The van der Waals surface area contributed by atoms with E-state index < -0.39 is 36.7 Å². The molecule has 3 aliphatic heterocycles. The minimum absolute atomic E-state index is 0.229. The Balaban J connectivity index is 1.10. The molecule has 1 aromatic heterocycles. The first-order chi connectivity index (χ1) is 19.6. The zero-order valence-corrected chi connectivity index (χ0v) is 23.6. The van der Waals surface area contributed by atoms with Gasteiger partial charge in [-0.1, -0.05) is 77.6 Å². The fraction of sp³-hybridized carbons (Fsp3) is 0.750. The van der Waals surface area contributed by atoms with Crippen molar-refractivity contribution in [3.8, 4) is 0 Å². The van der Waals surface area contributed by atoms with Crippen LogP contribution in [0.2, 0.25) is 0 Å². The van der Waals surface area contributed by atoms with Crippen LogP contribution in [0, 0.1) is 0 Å². The van der Waals surface area contributed by atoms with Crippen molar-refractivity contribution in [1.82, 2.24) is 20.2 Å². The van der Waals surface area contributed by atoms with Crippen molar-refractivity contribution in [3.05, 3.63) is 12.4 Å². The second-order valence-corrected chi connectivity index (χ2v) is 10.9. The third kappa shape index (κ3) is 8.34. The summed E-state index contributed by atoms with van der Waals surface area (Å²) < 4.78 is 5.97. The fourth-order valence-corrected chi connectivity index (χ4v) is 5.38. The van der Waals surface area contributed by atoms with Crippen molar-refractivity contribution in [1.29, 1.82) is 0 Å². The van der Waals surface area contributed by atoms with Crippen LogP contribution in [0.15, 0.2) is 22.4 Å². The van der Waals surface area contributed by atoms with E-state index in [0.29, 0.717) is 5.82 Å². The average molecular weight is 559 g/mol. The number of aliphatic imine (C=N–C) groups is 2. The largest absolute Gasteiger partial charge is 0.387 e. The predicted molar refractivity (Wildman–Crippen MR) is 155 cm³/mol. The van der Waals surface area contributed by atoms with Crippen LogP contribution >= 0.6 is 0 Å². The van der Waals surface area contributed by atoms with Gasteiger partial charge in [0.1, 0.15) is 36.3 Å². The molecule has 0 aliphatic carbocycles. The molecule has 222 valence electrons. The normalized spacial score (nSPS) is 27.2. The van der Waals surface area contributed by atoms with Gasteiger partial charge in [0.05, 0.1) is 12.7 Å². The molecule has 0 radical (unpaired) electrons. The summed E-state index contributed by atoms with van der Waals surface area (Å²) in [4.78, 5) is 30.6. The maximum Gasteiger partial charge on any atom is 0.254 e. The van der Waals surface area contributed by atoms with Crippen molar-refractivity contribution in [2.75, 3.05) is 23.7 Å². The van der Waals surface area contributed by atoms with Gasteiger partial charge >= 0.3 is 0 Å². The average Bonchev–Trinajstić information content (AvgIpc) is 3.52. The van der Waals surface area contributed by atoms with E-state index in [4.69, 9.17) is 4.74 Å². The van der Waals surface area contributed by atoms with E-state index in [-0.39, 0.29) is 12.5 Å². The Kier molecular flexibility index (Phi) is 11.9. The van der Waals surface area contributed by atoms with Gasteiger partial charge in [-0.05, 0) is 6.42 Å². The Hall–Kier alpha value is -2.83. The molecule has 3 aliphatic rings. The topological polar surface area (TPSA) is 157 Å². The summed E-state index contributed by atoms with van der Waals surface area (Å²) in [7, 11) is 0. The number of rotatable bonds is 18. The number of hydrogen-bond acceptors (Lipinski definition) is 11. The number of ether oxygens (including phenoxy) is 1. The zero-order valence-electron chi connectivity index (χ0n) is 23.6. The molecular formula is C28H46N8O4. The summed E-state index contributed by atoms with van der Waals surface area (Å²) in [6, 6.07) is 1.12. The van der Waals surface area contributed by atoms with Gasteiger partial charge in [0.15, 0.2) is 18.4 Å². The minimum atomic E-state index is -1.18. The highest BCUT2D eigenvalue weighted by Gasteiger charge is 2.50. The smallest absolute Gasteiger partial charge is 0.254 e. The maximum absolute atomic E-state index is 12.0. The Morgan fingerprint density at radius 2 is 1.55 bits per heavy atom. The van der Waals surface area contributed by atoms with Crippen molar-refractivity contribution in [3.63, 3.8) is 0 Å². The third-order valence-corrected chi connectivity index (χ3v) is 7.77. The Morgan fingerprint density at radius 1 is 0.900 bits per heavy atom. The van der Waals surface area contributed by atoms with Gasteiger partial charge in [-0.3, -0.25) is 9.79 Å². The first-order valence-corrected chi connectivity index (χ1v) is 15.0. The van der Waals surface area contributed by atoms with E-state index in [9.17, 15) is 15.0 Å². The summed E-state index contributed by atoms with van der Waals surface area (Å²) >= 11 is 0. The monoisotopic (exact) mass is 558 g/mol. The molecule has 0 spiro atoms. The SMILES string of the molecule is CCCCCCCCCCCCCCNc1cc(NC[C@H]2O[C@@H](N3C=NC4C(=O)NC=NC43)[C@H](O)[C@@H]2O)ncn1. The molecule has 1 aromatic rings. The van der Waals surface area contributed by atoms with E-state index in [1.807, 2.05) is 6.07 Å². The van der Waals surface area contributed by atoms with Crippen LogP contribution < -0.4 is 16.0 Å². The zero-order chi connectivity index (χ0) is 28.2. The van der Waals surface area contributed by atoms with Gasteiger partial charge in [0, 0.05) is 19.2 Å². The highest BCUT2D eigenvalue weighted by Crippen LogP contribution is 2.29. The highest BCUT2D eigenvalue weighted by atomic mass is 16.6. The number of nitrogens with one attached hydrogen (secondary N) is 3. The molecule has 12 heteroatoms. The van der Waals surface area contributed by atoms with E-state index >= 15 is 0 Å². The number of aliphatic hydroxyl groups is 2. The van der Waals surface area contributed by atoms with E-state index in [0.717, 1.165) is 18.8 Å². The maximum atomic E-state index is 12.0. The summed E-state index contributed by atoms with van der Waals surface area (Å²) in [6.45, 7) is 3.34. The van der Waals surface area contributed by atoms with Crippen molar-refractivity contribution >= 4 is 30.2 Å². The van der Waals surface area contributed by atoms with E-state index in [1.54, 1.807) is 4.90 Å². The number of unbranched alkanes of at least 4 members (excludes halogenated alkanes) is 11. The molecule has 12 nitrogen and oxygen atoms in total. The predicted octanol–water partition coefficient (Wildman–Crippen LogP) is 2.64. The molecule has 4 heterocycles. The Labute approximate surface area is 237 Å². The number of anilines is 2. The van der Waals surface area contributed by atoms with Crippen LogP contribution in [-0.4, -0.2) is 93.5 Å². The lowest BCUT2D eigenvalue weighted by Crippen LogP contribution is -2.53. The number of aromatic nitrogens is 2. The van der Waals surface area contributed by atoms with Gasteiger partial charge in [0.25, 0.3) is 5.91 Å². The lowest BCUT2D eigenvalue weighted by Gasteiger charge is -2.31. The first-order valence-electron chi connectivity index (χ1n) is 15.0.